The maximum absolute atomic E-state index is 11.8. The van der Waals surface area contributed by atoms with E-state index < -0.39 is 29.9 Å². The van der Waals surface area contributed by atoms with Crippen LogP contribution in [-0.2, 0) is 30.5 Å². The van der Waals surface area contributed by atoms with Crippen molar-refractivity contribution in [3.63, 3.8) is 0 Å². The highest BCUT2D eigenvalue weighted by atomic mass is 16.5. The van der Waals surface area contributed by atoms with Crippen molar-refractivity contribution in [1.29, 1.82) is 0 Å². The van der Waals surface area contributed by atoms with Gasteiger partial charge in [0.25, 0.3) is 0 Å². The number of esters is 1. The molecule has 1 aromatic carbocycles. The molecule has 9 nitrogen and oxygen atoms in total. The van der Waals surface area contributed by atoms with Crippen molar-refractivity contribution in [2.75, 3.05) is 20.2 Å². The topological polar surface area (TPSA) is 123 Å². The summed E-state index contributed by atoms with van der Waals surface area (Å²) in [6.45, 7) is 0.911. The molecular formula is C16H21N3O6. The van der Waals surface area contributed by atoms with Gasteiger partial charge in [0.2, 0.25) is 11.8 Å². The summed E-state index contributed by atoms with van der Waals surface area (Å²) < 4.78 is 9.35. The number of alkyl carbamates (subject to hydrolysis) is 1. The summed E-state index contributed by atoms with van der Waals surface area (Å²) in [5, 5.41) is 6.95. The zero-order chi connectivity index (χ0) is 18.7. The van der Waals surface area contributed by atoms with Crippen molar-refractivity contribution >= 4 is 23.9 Å². The number of nitrogens with one attached hydrogen (secondary N) is 3. The number of carbonyl (C=O) groups is 4. The Kier molecular flexibility index (Phi) is 8.48. The molecule has 3 amide bonds. The molecule has 0 unspecified atom stereocenters. The average Bonchev–Trinajstić information content (AvgIpc) is 2.63. The zero-order valence-electron chi connectivity index (χ0n) is 14.0. The molecular weight excluding hydrogens is 330 g/mol. The molecule has 3 N–H and O–H groups in total. The summed E-state index contributed by atoms with van der Waals surface area (Å²) in [6, 6.07) is 8.19. The van der Waals surface area contributed by atoms with Gasteiger partial charge in [0.05, 0.1) is 13.7 Å². The molecule has 0 spiro atoms. The fourth-order valence-electron chi connectivity index (χ4n) is 1.63. The smallest absolute Gasteiger partial charge is 0.408 e. The summed E-state index contributed by atoms with van der Waals surface area (Å²) in [5.41, 5.74) is 0.817. The van der Waals surface area contributed by atoms with E-state index in [-0.39, 0.29) is 19.7 Å². The number of hydrogen-bond acceptors (Lipinski definition) is 6. The Morgan fingerprint density at radius 1 is 1.04 bits per heavy atom. The van der Waals surface area contributed by atoms with Crippen molar-refractivity contribution in [3.05, 3.63) is 35.9 Å². The van der Waals surface area contributed by atoms with Crippen LogP contribution in [0.2, 0.25) is 0 Å². The van der Waals surface area contributed by atoms with Crippen molar-refractivity contribution < 1.29 is 28.7 Å². The van der Waals surface area contributed by atoms with Gasteiger partial charge in [0, 0.05) is 0 Å². The molecule has 0 aliphatic rings. The Bertz CT molecular complexity index is 605. The lowest BCUT2D eigenvalue weighted by Crippen LogP contribution is -2.48. The van der Waals surface area contributed by atoms with Crippen LogP contribution in [0, 0.1) is 0 Å². The van der Waals surface area contributed by atoms with Crippen LogP contribution < -0.4 is 16.0 Å². The van der Waals surface area contributed by atoms with E-state index in [0.717, 1.165) is 5.56 Å². The molecule has 136 valence electrons. The monoisotopic (exact) mass is 351 g/mol. The van der Waals surface area contributed by atoms with E-state index in [1.54, 1.807) is 12.1 Å². The molecule has 0 heterocycles. The van der Waals surface area contributed by atoms with Gasteiger partial charge in [-0.25, -0.2) is 4.79 Å². The number of rotatable bonds is 8. The van der Waals surface area contributed by atoms with E-state index in [9.17, 15) is 19.2 Å². The van der Waals surface area contributed by atoms with Gasteiger partial charge in [-0.3, -0.25) is 14.4 Å². The molecule has 0 fully saturated rings. The molecule has 9 heteroatoms. The van der Waals surface area contributed by atoms with E-state index in [1.165, 1.54) is 14.0 Å². The summed E-state index contributed by atoms with van der Waals surface area (Å²) >= 11 is 0. The third-order valence-electron chi connectivity index (χ3n) is 3.02. The van der Waals surface area contributed by atoms with Crippen molar-refractivity contribution in [1.82, 2.24) is 16.0 Å². The summed E-state index contributed by atoms with van der Waals surface area (Å²) in [5.74, 6) is -1.72. The molecule has 0 saturated heterocycles. The minimum atomic E-state index is -0.892. The summed E-state index contributed by atoms with van der Waals surface area (Å²) in [6.07, 6.45) is -0.748. The lowest BCUT2D eigenvalue weighted by atomic mass is 10.2. The first-order valence-electron chi connectivity index (χ1n) is 7.50. The molecule has 0 aromatic heterocycles. The maximum Gasteiger partial charge on any atom is 0.408 e. The van der Waals surface area contributed by atoms with Crippen molar-refractivity contribution in [2.45, 2.75) is 19.6 Å². The Hall–Kier alpha value is -3.10. The van der Waals surface area contributed by atoms with Gasteiger partial charge >= 0.3 is 12.1 Å². The van der Waals surface area contributed by atoms with Gasteiger partial charge in [0.15, 0.2) is 0 Å². The molecule has 1 rings (SSSR count). The highest BCUT2D eigenvalue weighted by Crippen LogP contribution is 2.00. The predicted molar refractivity (Wildman–Crippen MR) is 87.3 cm³/mol. The molecule has 0 radical (unpaired) electrons. The second-order valence-corrected chi connectivity index (χ2v) is 5.00. The van der Waals surface area contributed by atoms with Crippen LogP contribution >= 0.6 is 0 Å². The van der Waals surface area contributed by atoms with E-state index in [0.29, 0.717) is 0 Å². The molecule has 0 aliphatic carbocycles. The zero-order valence-corrected chi connectivity index (χ0v) is 14.0. The van der Waals surface area contributed by atoms with Crippen molar-refractivity contribution in [2.24, 2.45) is 0 Å². The van der Waals surface area contributed by atoms with Gasteiger partial charge in [-0.1, -0.05) is 30.3 Å². The number of benzene rings is 1. The second kappa shape index (κ2) is 10.6. The van der Waals surface area contributed by atoms with E-state index in [4.69, 9.17) is 4.74 Å². The normalized spacial score (nSPS) is 11.0. The first kappa shape index (κ1) is 19.9. The first-order chi connectivity index (χ1) is 11.9. The molecule has 0 bridgehead atoms. The maximum atomic E-state index is 11.8. The molecule has 0 saturated carbocycles. The summed E-state index contributed by atoms with van der Waals surface area (Å²) in [7, 11) is 1.19. The lowest BCUT2D eigenvalue weighted by Gasteiger charge is -2.14. The van der Waals surface area contributed by atoms with E-state index >= 15 is 0 Å². The molecule has 0 aliphatic heterocycles. The Morgan fingerprint density at radius 3 is 2.36 bits per heavy atom. The van der Waals surface area contributed by atoms with Crippen LogP contribution in [0.4, 0.5) is 4.79 Å². The van der Waals surface area contributed by atoms with E-state index in [1.807, 2.05) is 18.2 Å². The van der Waals surface area contributed by atoms with E-state index in [2.05, 4.69) is 20.7 Å². The first-order valence-corrected chi connectivity index (χ1v) is 7.50. The third kappa shape index (κ3) is 8.35. The van der Waals surface area contributed by atoms with Crippen LogP contribution in [0.5, 0.6) is 0 Å². The van der Waals surface area contributed by atoms with Gasteiger partial charge in [-0.2, -0.15) is 0 Å². The fraction of sp³-hybridized carbons (Fsp3) is 0.375. The number of amides is 3. The molecule has 25 heavy (non-hydrogen) atoms. The minimum absolute atomic E-state index is 0.0803. The number of methoxy groups -OCH3 is 1. The summed E-state index contributed by atoms with van der Waals surface area (Å²) in [4.78, 5) is 45.7. The van der Waals surface area contributed by atoms with Crippen LogP contribution in [0.1, 0.15) is 12.5 Å². The standard InChI is InChI=1S/C16H21N3O6/c1-11(15(22)18-8-13(20)17-9-14(21)24-2)19-16(23)25-10-12-6-4-3-5-7-12/h3-7,11H,8-10H2,1-2H3,(H,17,20)(H,18,22)(H,19,23)/t11-/m1/s1. The van der Waals surface area contributed by atoms with Gasteiger partial charge < -0.3 is 25.4 Å². The highest BCUT2D eigenvalue weighted by Gasteiger charge is 2.17. The lowest BCUT2D eigenvalue weighted by molar-refractivity contribution is -0.141. The highest BCUT2D eigenvalue weighted by molar-refractivity contribution is 5.90. The van der Waals surface area contributed by atoms with Gasteiger partial charge in [-0.05, 0) is 12.5 Å². The molecule has 1 aromatic rings. The third-order valence-corrected chi connectivity index (χ3v) is 3.02. The number of ether oxygens (including phenoxy) is 2. The van der Waals surface area contributed by atoms with Gasteiger partial charge in [0.1, 0.15) is 19.2 Å². The number of hydrogen-bond donors (Lipinski definition) is 3. The van der Waals surface area contributed by atoms with Crippen LogP contribution in [0.3, 0.4) is 0 Å². The number of carbonyl (C=O) groups excluding carboxylic acids is 4. The SMILES string of the molecule is COC(=O)CNC(=O)CNC(=O)[C@@H](C)NC(=O)OCc1ccccc1. The largest absolute Gasteiger partial charge is 0.468 e. The van der Waals surface area contributed by atoms with Crippen molar-refractivity contribution in [3.8, 4) is 0 Å². The van der Waals surface area contributed by atoms with Crippen LogP contribution in [0.15, 0.2) is 30.3 Å². The Morgan fingerprint density at radius 2 is 1.72 bits per heavy atom. The van der Waals surface area contributed by atoms with Crippen LogP contribution in [0.25, 0.3) is 0 Å². The predicted octanol–water partition coefficient (Wildman–Crippen LogP) is -0.293. The quantitative estimate of drug-likeness (QED) is 0.553. The fourth-order valence-corrected chi connectivity index (χ4v) is 1.63. The second-order valence-electron chi connectivity index (χ2n) is 5.00. The van der Waals surface area contributed by atoms with Crippen LogP contribution in [-0.4, -0.2) is 50.1 Å². The minimum Gasteiger partial charge on any atom is -0.468 e. The molecule has 1 atom stereocenters. The van der Waals surface area contributed by atoms with Gasteiger partial charge in [-0.15, -0.1) is 0 Å². The Labute approximate surface area is 145 Å². The average molecular weight is 351 g/mol. The Balaban J connectivity index is 2.25.